The van der Waals surface area contributed by atoms with Crippen LogP contribution in [-0.2, 0) is 0 Å². The van der Waals surface area contributed by atoms with Gasteiger partial charge in [-0.1, -0.05) is 79.1 Å². The summed E-state index contributed by atoms with van der Waals surface area (Å²) in [5, 5.41) is 4.28. The van der Waals surface area contributed by atoms with Crippen LogP contribution in [0.1, 0.15) is 118 Å². The van der Waals surface area contributed by atoms with Crippen molar-refractivity contribution in [3.8, 4) is 0 Å². The fraction of sp³-hybridized carbons (Fsp3) is 1.00. The Balaban J connectivity index is 2.10. The molecule has 1 heteroatoms. The molecular formula is C22H43N. The Hall–Kier alpha value is -0.0400. The first-order chi connectivity index (χ1) is 11.0. The van der Waals surface area contributed by atoms with Gasteiger partial charge < -0.3 is 5.32 Å². The first kappa shape index (κ1) is 19.3. The molecule has 2 aliphatic rings. The van der Waals surface area contributed by atoms with E-state index in [0.29, 0.717) is 10.8 Å². The van der Waals surface area contributed by atoms with E-state index in [-0.39, 0.29) is 0 Å². The molecule has 2 atom stereocenters. The lowest BCUT2D eigenvalue weighted by atomic mass is 9.66. The van der Waals surface area contributed by atoms with Crippen molar-refractivity contribution in [1.82, 2.24) is 5.32 Å². The van der Waals surface area contributed by atoms with Gasteiger partial charge in [0.1, 0.15) is 0 Å². The summed E-state index contributed by atoms with van der Waals surface area (Å²) in [7, 11) is 0. The largest absolute Gasteiger partial charge is 0.310 e. The highest BCUT2D eigenvalue weighted by atomic mass is 15.0. The maximum absolute atomic E-state index is 4.28. The number of hydrogen-bond acceptors (Lipinski definition) is 1. The van der Waals surface area contributed by atoms with Gasteiger partial charge in [-0.3, -0.25) is 0 Å². The fourth-order valence-corrected chi connectivity index (χ4v) is 5.50. The minimum Gasteiger partial charge on any atom is -0.310 e. The molecule has 0 radical (unpaired) electrons. The van der Waals surface area contributed by atoms with E-state index in [2.05, 4.69) is 33.0 Å². The Morgan fingerprint density at radius 3 is 1.30 bits per heavy atom. The number of nitrogens with one attached hydrogen (secondary N) is 1. The van der Waals surface area contributed by atoms with Gasteiger partial charge in [0.05, 0.1) is 0 Å². The Labute approximate surface area is 146 Å². The molecule has 0 heterocycles. The van der Waals surface area contributed by atoms with Gasteiger partial charge in [-0.05, 0) is 49.4 Å². The Morgan fingerprint density at radius 2 is 1.00 bits per heavy atom. The monoisotopic (exact) mass is 321 g/mol. The second kappa shape index (κ2) is 8.88. The predicted octanol–water partition coefficient (Wildman–Crippen LogP) is 6.85. The van der Waals surface area contributed by atoms with Crippen LogP contribution in [0.3, 0.4) is 0 Å². The Bertz CT molecular complexity index is 291. The molecule has 136 valence electrons. The molecule has 2 fully saturated rings. The van der Waals surface area contributed by atoms with Crippen molar-refractivity contribution in [2.45, 2.75) is 130 Å². The van der Waals surface area contributed by atoms with Gasteiger partial charge in [0.2, 0.25) is 0 Å². The molecule has 0 aliphatic heterocycles. The summed E-state index contributed by atoms with van der Waals surface area (Å²) in [6.45, 7) is 9.92. The number of hydrogen-bond donors (Lipinski definition) is 1. The zero-order valence-electron chi connectivity index (χ0n) is 16.6. The molecule has 0 spiro atoms. The Kier molecular flexibility index (Phi) is 7.45. The summed E-state index contributed by atoms with van der Waals surface area (Å²) in [5.74, 6) is 0. The van der Waals surface area contributed by atoms with Crippen LogP contribution < -0.4 is 5.32 Å². The van der Waals surface area contributed by atoms with Gasteiger partial charge in [-0.25, -0.2) is 0 Å². The van der Waals surface area contributed by atoms with E-state index >= 15 is 0 Å². The maximum atomic E-state index is 4.28. The van der Waals surface area contributed by atoms with E-state index in [9.17, 15) is 0 Å². The van der Waals surface area contributed by atoms with Crippen molar-refractivity contribution in [3.05, 3.63) is 0 Å². The first-order valence-electron chi connectivity index (χ1n) is 10.8. The lowest BCUT2D eigenvalue weighted by molar-refractivity contribution is 0.0747. The first-order valence-corrected chi connectivity index (χ1v) is 10.8. The molecule has 2 saturated carbocycles. The average Bonchev–Trinajstić information content (AvgIpc) is 2.55. The van der Waals surface area contributed by atoms with Crippen molar-refractivity contribution >= 4 is 0 Å². The molecule has 0 amide bonds. The molecule has 1 N–H and O–H groups in total. The third-order valence-corrected chi connectivity index (χ3v) is 7.23. The summed E-state index contributed by atoms with van der Waals surface area (Å²) >= 11 is 0. The SMILES string of the molecule is CCCC(NC(CCC)C1(C)CCCCC1)C1(C)CCCCC1. The summed E-state index contributed by atoms with van der Waals surface area (Å²) in [6.07, 6.45) is 19.9. The van der Waals surface area contributed by atoms with Crippen molar-refractivity contribution in [3.63, 3.8) is 0 Å². The van der Waals surface area contributed by atoms with Gasteiger partial charge in [-0.2, -0.15) is 0 Å². The van der Waals surface area contributed by atoms with Crippen LogP contribution in [0.15, 0.2) is 0 Å². The smallest absolute Gasteiger partial charge is 0.0124 e. The molecule has 0 aromatic rings. The summed E-state index contributed by atoms with van der Waals surface area (Å²) in [5.41, 5.74) is 1.09. The third-order valence-electron chi connectivity index (χ3n) is 7.23. The fourth-order valence-electron chi connectivity index (χ4n) is 5.50. The van der Waals surface area contributed by atoms with Crippen LogP contribution in [-0.4, -0.2) is 12.1 Å². The zero-order chi connectivity index (χ0) is 16.8. The van der Waals surface area contributed by atoms with Gasteiger partial charge in [0, 0.05) is 12.1 Å². The third kappa shape index (κ3) is 4.97. The Morgan fingerprint density at radius 1 is 0.652 bits per heavy atom. The topological polar surface area (TPSA) is 12.0 Å². The van der Waals surface area contributed by atoms with Crippen molar-refractivity contribution in [2.75, 3.05) is 0 Å². The van der Waals surface area contributed by atoms with Crippen molar-refractivity contribution in [1.29, 1.82) is 0 Å². The van der Waals surface area contributed by atoms with Gasteiger partial charge in [0.15, 0.2) is 0 Å². The summed E-state index contributed by atoms with van der Waals surface area (Å²) < 4.78 is 0. The molecule has 2 unspecified atom stereocenters. The molecule has 2 aliphatic carbocycles. The second-order valence-electron chi connectivity index (χ2n) is 9.28. The molecule has 0 saturated heterocycles. The summed E-state index contributed by atoms with van der Waals surface area (Å²) in [6, 6.07) is 1.48. The number of rotatable bonds is 8. The normalized spacial score (nSPS) is 26.6. The van der Waals surface area contributed by atoms with E-state index in [4.69, 9.17) is 0 Å². The summed E-state index contributed by atoms with van der Waals surface area (Å²) in [4.78, 5) is 0. The molecule has 0 aromatic heterocycles. The standard InChI is InChI=1S/C22H43N/c1-5-13-19(21(3)15-9-7-10-16-21)23-20(14-6-2)22(4)17-11-8-12-18-22/h19-20,23H,5-18H2,1-4H3. The van der Waals surface area contributed by atoms with Crippen LogP contribution in [0.4, 0.5) is 0 Å². The minimum absolute atomic E-state index is 0.547. The molecule has 0 aromatic carbocycles. The zero-order valence-corrected chi connectivity index (χ0v) is 16.6. The molecule has 1 nitrogen and oxygen atoms in total. The maximum Gasteiger partial charge on any atom is 0.0124 e. The van der Waals surface area contributed by atoms with Crippen LogP contribution in [0, 0.1) is 10.8 Å². The minimum atomic E-state index is 0.547. The van der Waals surface area contributed by atoms with E-state index in [1.807, 2.05) is 0 Å². The van der Waals surface area contributed by atoms with Crippen molar-refractivity contribution in [2.24, 2.45) is 10.8 Å². The van der Waals surface area contributed by atoms with Crippen LogP contribution in [0.5, 0.6) is 0 Å². The van der Waals surface area contributed by atoms with Gasteiger partial charge in [-0.15, -0.1) is 0 Å². The molecule has 2 rings (SSSR count). The molecular weight excluding hydrogens is 278 g/mol. The van der Waals surface area contributed by atoms with Gasteiger partial charge in [0.25, 0.3) is 0 Å². The van der Waals surface area contributed by atoms with Crippen LogP contribution in [0.2, 0.25) is 0 Å². The quantitative estimate of drug-likeness (QED) is 0.515. The lowest BCUT2D eigenvalue weighted by Gasteiger charge is -2.48. The molecule has 0 bridgehead atoms. The van der Waals surface area contributed by atoms with Gasteiger partial charge >= 0.3 is 0 Å². The average molecular weight is 322 g/mol. The van der Waals surface area contributed by atoms with Crippen molar-refractivity contribution < 1.29 is 0 Å². The van der Waals surface area contributed by atoms with E-state index in [1.54, 1.807) is 0 Å². The predicted molar refractivity (Wildman–Crippen MR) is 103 cm³/mol. The lowest BCUT2D eigenvalue weighted by Crippen LogP contribution is -2.54. The highest BCUT2D eigenvalue weighted by Crippen LogP contribution is 2.44. The molecule has 23 heavy (non-hydrogen) atoms. The second-order valence-corrected chi connectivity index (χ2v) is 9.28. The highest BCUT2D eigenvalue weighted by molar-refractivity contribution is 4.96. The van der Waals surface area contributed by atoms with Crippen LogP contribution >= 0.6 is 0 Å². The highest BCUT2D eigenvalue weighted by Gasteiger charge is 2.40. The van der Waals surface area contributed by atoms with E-state index in [0.717, 1.165) is 12.1 Å². The van der Waals surface area contributed by atoms with E-state index in [1.165, 1.54) is 89.9 Å². The van der Waals surface area contributed by atoms with E-state index < -0.39 is 0 Å². The van der Waals surface area contributed by atoms with Crippen LogP contribution in [0.25, 0.3) is 0 Å².